The number of imidazole rings is 3. The smallest absolute Gasteiger partial charge is 0.512 e. The van der Waals surface area contributed by atoms with Gasteiger partial charge in [0.25, 0.3) is 0 Å². The standard InChI is InChI=1S/2C15H29N3.C11H23BrN.C11H24NO.C6H13BrO.C5H11N.C4H6N2.C2HF6NO4S2.C2F6NO4S2.Br3P.4BrH/c2*1-16-10-11-17(15-16)9-5-3-4-6-12-18(2)13-7-8-14-18;1-13(10-6-7-11-13)9-5-3-2-4-8-12;1-12(9-5-6-10-12)8-4-2-3-7-11-13;7-5-3-1-2-4-6-8;1-6-4-2-3-5-6;1-6-3-2-5-4-6;2*3-1(4,5)14(10,11)9-15(12,13)2(6,7)8;1-4(2)3;;;;/h2*10-11,15H,3-9,12-14H2,1-2H3;2-11H2,1H3;13H,2-11H2,1H3;8H,1-6H2;2-5H2,1H3;2-4H,1H3;9H;;;4*1H/q2*+2;2*+1;;;;;-1;;;;;/p-4. The zero-order valence-electron chi connectivity index (χ0n) is 70.6. The molecule has 5 aliphatic heterocycles. The first kappa shape index (κ1) is 132. The van der Waals surface area contributed by atoms with Gasteiger partial charge >= 0.3 is 42.1 Å². The monoisotopic (exact) mass is 2430 g/mol. The lowest BCUT2D eigenvalue weighted by Gasteiger charge is -2.29. The van der Waals surface area contributed by atoms with Crippen LogP contribution in [0.5, 0.6) is 0 Å². The molecular formula is C71H136Br9F12N13O10PS4+. The molecule has 0 atom stereocenters. The van der Waals surface area contributed by atoms with Gasteiger partial charge in [-0.05, 0) is 182 Å². The highest BCUT2D eigenvalue weighted by Gasteiger charge is 2.55. The van der Waals surface area contributed by atoms with Crippen molar-refractivity contribution in [2.75, 3.05) is 151 Å². The molecular weight excluding hydrogens is 2300 g/mol. The number of aromatic nitrogens is 6. The quantitative estimate of drug-likeness (QED) is 0.0176. The lowest BCUT2D eigenvalue weighted by molar-refractivity contribution is -0.897. The van der Waals surface area contributed by atoms with E-state index in [0.29, 0.717) is 13.2 Å². The van der Waals surface area contributed by atoms with Crippen LogP contribution in [0.25, 0.3) is 4.13 Å². The van der Waals surface area contributed by atoms with Gasteiger partial charge in [0, 0.05) is 94.7 Å². The summed E-state index contributed by atoms with van der Waals surface area (Å²) in [7, 11) is -8.67. The Morgan fingerprint density at radius 2 is 0.683 bits per heavy atom. The van der Waals surface area contributed by atoms with Crippen molar-refractivity contribution in [3.8, 4) is 0 Å². The van der Waals surface area contributed by atoms with Crippen LogP contribution in [-0.2, 0) is 74.3 Å². The van der Waals surface area contributed by atoms with E-state index >= 15 is 0 Å². The van der Waals surface area contributed by atoms with E-state index in [0.717, 1.165) is 22.3 Å². The summed E-state index contributed by atoms with van der Waals surface area (Å²) < 4.78 is 233. The predicted octanol–water partition coefficient (Wildman–Crippen LogP) is 5.00. The number of aliphatic hydroxyl groups is 2. The van der Waals surface area contributed by atoms with E-state index in [1.54, 1.807) is 12.5 Å². The van der Waals surface area contributed by atoms with Crippen LogP contribution in [0.3, 0.4) is 0 Å². The van der Waals surface area contributed by atoms with Gasteiger partial charge in [0.15, 0.2) is 20.0 Å². The lowest BCUT2D eigenvalue weighted by atomic mass is 10.2. The molecule has 0 bridgehead atoms. The summed E-state index contributed by atoms with van der Waals surface area (Å²) in [6.45, 7) is 22.6. The molecule has 5 fully saturated rings. The maximum atomic E-state index is 11.5. The molecule has 8 rings (SSSR count). The van der Waals surface area contributed by atoms with E-state index in [9.17, 15) is 86.4 Å². The molecule has 5 saturated heterocycles. The van der Waals surface area contributed by atoms with Crippen LogP contribution < -0.4 is 81.2 Å². The Balaban J connectivity index is -0.000000307. The molecule has 5 aliphatic rings. The predicted molar refractivity (Wildman–Crippen MR) is 455 cm³/mol. The van der Waals surface area contributed by atoms with Gasteiger partial charge in [-0.25, -0.2) is 56.9 Å². The molecule has 23 nitrogen and oxygen atoms in total. The summed E-state index contributed by atoms with van der Waals surface area (Å²) in [4.78, 5) is 6.15. The molecule has 8 heterocycles. The molecule has 0 unspecified atom stereocenters. The topological polar surface area (TPSA) is 242 Å². The van der Waals surface area contributed by atoms with Crippen LogP contribution in [0.1, 0.15) is 193 Å². The molecule has 0 amide bonds. The van der Waals surface area contributed by atoms with E-state index in [-0.39, 0.29) is 72.0 Å². The van der Waals surface area contributed by atoms with Crippen LogP contribution in [0.15, 0.2) is 56.2 Å². The van der Waals surface area contributed by atoms with Crippen molar-refractivity contribution < 1.29 is 192 Å². The Morgan fingerprint density at radius 1 is 0.425 bits per heavy atom. The zero-order valence-corrected chi connectivity index (χ0v) is 89.0. The second kappa shape index (κ2) is 69.8. The fourth-order valence-corrected chi connectivity index (χ4v) is 17.4. The van der Waals surface area contributed by atoms with Gasteiger partial charge in [0.2, 0.25) is 12.7 Å². The highest BCUT2D eigenvalue weighted by atomic mass is 80.0. The van der Waals surface area contributed by atoms with E-state index in [1.165, 1.54) is 308 Å². The SMILES string of the molecule is BrP(Br)Br.CN1CCCC1.C[N+]1(CCCCCCBr)CCCC1.C[N+]1(CCCCCCO)CCCC1.C[n+]1ccn(CCCCCC[N+]2(C)CCCC2)c1.C[n+]1ccn(CCCCCC[N+]2(C)CCCC2)c1.Cn1ccnc1.O=S(=O)(NS(=O)(=O)C(F)(F)F)C(F)(F)F.O=S(=O)([N-]S(=O)(=O)C(F)(F)F)C(F)(F)F.OCCCCCCBr.[Br-].[Br-].[Br-].[Br-]. The highest BCUT2D eigenvalue weighted by molar-refractivity contribution is 9.93. The number of hydrogen-bond acceptors (Lipinski definition) is 12. The molecule has 0 spiro atoms. The lowest BCUT2D eigenvalue weighted by Crippen LogP contribution is -3.00. The summed E-state index contributed by atoms with van der Waals surface area (Å²) in [5, 5.41) is 19.3. The number of aryl methyl sites for hydroxylation is 5. The maximum absolute atomic E-state index is 11.5. The maximum Gasteiger partial charge on any atom is 0.512 e. The number of likely N-dealkylation sites (tertiary alicyclic amines) is 5. The Bertz CT molecular complexity index is 3150. The average molecular weight is 2440 g/mol. The summed E-state index contributed by atoms with van der Waals surface area (Å²) in [5.41, 5.74) is -24.7. The summed E-state index contributed by atoms with van der Waals surface area (Å²) >= 11 is 16.3. The largest absolute Gasteiger partial charge is 1.00 e. The Labute approximate surface area is 794 Å². The van der Waals surface area contributed by atoms with Crippen LogP contribution in [0, 0.1) is 0 Å². The third-order valence-corrected chi connectivity index (χ3v) is 26.6. The molecule has 0 aliphatic carbocycles. The number of unbranched alkanes of at least 4 members (excludes halogenated alkanes) is 15. The van der Waals surface area contributed by atoms with Gasteiger partial charge in [-0.3, -0.25) is 0 Å². The van der Waals surface area contributed by atoms with Gasteiger partial charge in [0.05, 0.1) is 140 Å². The molecule has 720 valence electrons. The molecule has 120 heavy (non-hydrogen) atoms. The minimum absolute atomic E-state index is 0. The molecule has 0 aromatic carbocycles. The number of rotatable bonds is 35. The van der Waals surface area contributed by atoms with Gasteiger partial charge in [0.1, 0.15) is 28.8 Å². The first-order valence-corrected chi connectivity index (χ1v) is 55.1. The van der Waals surface area contributed by atoms with Crippen molar-refractivity contribution in [2.24, 2.45) is 21.1 Å². The van der Waals surface area contributed by atoms with Crippen LogP contribution in [-0.4, -0.2) is 258 Å². The third-order valence-electron chi connectivity index (χ3n) is 19.8. The van der Waals surface area contributed by atoms with Gasteiger partial charge in [-0.1, -0.05) is 61.7 Å². The fraction of sp³-hybridized carbons (Fsp3) is 0.873. The number of halogens is 21. The normalized spacial score (nSPS) is 16.5. The van der Waals surface area contributed by atoms with Crippen LogP contribution in [0.2, 0.25) is 0 Å². The zero-order chi connectivity index (χ0) is 88.9. The van der Waals surface area contributed by atoms with Gasteiger partial charge < -0.3 is 110 Å². The van der Waals surface area contributed by atoms with E-state index < -0.39 is 66.3 Å². The minimum Gasteiger partial charge on any atom is -1.00 e. The van der Waals surface area contributed by atoms with Crippen molar-refractivity contribution in [2.45, 2.75) is 228 Å². The van der Waals surface area contributed by atoms with E-state index in [4.69, 9.17) is 10.2 Å². The average Bonchev–Trinajstić information content (AvgIpc) is 0.978. The fourth-order valence-electron chi connectivity index (χ4n) is 13.0. The highest BCUT2D eigenvalue weighted by Crippen LogP contribution is 2.59. The molecule has 0 radical (unpaired) electrons. The Kier molecular flexibility index (Phi) is 76.6. The number of nitrogens with one attached hydrogen (secondary N) is 1. The number of quaternary nitrogens is 4. The number of sulfonamides is 4. The molecule has 3 N–H and O–H groups in total. The number of nitrogens with zero attached hydrogens (tertiary/aromatic N) is 12. The Hall–Kier alpha value is 0.980. The van der Waals surface area contributed by atoms with Crippen molar-refractivity contribution in [3.05, 3.63) is 60.3 Å². The van der Waals surface area contributed by atoms with E-state index in [1.807, 2.05) is 17.8 Å². The molecule has 3 aromatic rings. The van der Waals surface area contributed by atoms with Gasteiger partial charge in [-0.15, -0.1) is 0 Å². The minimum atomic E-state index is -6.72. The van der Waals surface area contributed by atoms with E-state index in [2.05, 4.69) is 193 Å². The number of alkyl halides is 14. The second-order valence-electron chi connectivity index (χ2n) is 30.8. The van der Waals surface area contributed by atoms with Crippen molar-refractivity contribution in [3.63, 3.8) is 0 Å². The second-order valence-corrected chi connectivity index (χ2v) is 54.8. The summed E-state index contributed by atoms with van der Waals surface area (Å²) in [5.74, 6) is 0. The van der Waals surface area contributed by atoms with Crippen molar-refractivity contribution in [1.82, 2.24) is 27.7 Å². The van der Waals surface area contributed by atoms with Gasteiger partial charge in [-0.2, -0.15) is 52.7 Å². The summed E-state index contributed by atoms with van der Waals surface area (Å²) in [6, 6.07) is 0. The number of hydrogen-bond donors (Lipinski definition) is 3. The third kappa shape index (κ3) is 66.4. The van der Waals surface area contributed by atoms with Crippen molar-refractivity contribution in [1.29, 1.82) is 0 Å². The Morgan fingerprint density at radius 3 is 0.867 bits per heavy atom. The molecule has 0 saturated carbocycles. The first-order valence-electron chi connectivity index (χ1n) is 39.6. The molecule has 3 aromatic heterocycles. The molecule has 49 heteroatoms. The number of aliphatic hydroxyl groups excluding tert-OH is 2. The first-order chi connectivity index (χ1) is 53.7. The summed E-state index contributed by atoms with van der Waals surface area (Å²) in [6.07, 6.45) is 58.7. The van der Waals surface area contributed by atoms with Crippen molar-refractivity contribution >= 4 is 122 Å². The van der Waals surface area contributed by atoms with Crippen LogP contribution >= 0.6 is 82.4 Å². The van der Waals surface area contributed by atoms with Crippen LogP contribution in [0.4, 0.5) is 52.7 Å².